The Morgan fingerprint density at radius 1 is 0.930 bits per heavy atom. The van der Waals surface area contributed by atoms with Crippen molar-refractivity contribution in [2.75, 3.05) is 6.61 Å². The molecular formula is C38H58NO4+. The summed E-state index contributed by atoms with van der Waals surface area (Å²) < 4.78 is 14.9. The van der Waals surface area contributed by atoms with Gasteiger partial charge in [-0.25, -0.2) is 4.79 Å². The van der Waals surface area contributed by atoms with E-state index in [9.17, 15) is 9.90 Å². The smallest absolute Gasteiger partial charge is 0.372 e. The number of esters is 1. The van der Waals surface area contributed by atoms with Crippen LogP contribution in [0.5, 0.6) is 0 Å². The standard InChI is InChI=1S/C38H58NO4/c1-33(2)16-18-38-19-17-36(6)26(31(38)32(33)42-24-38)10-11-28-35(5)14-13-29(34(3,4)27(35)12-15-37(28,36)7)43-30(41)22-39-20-8-9-25(21-39)23-40/h8-9,20-21,26-29,31-32,40H,10-19,22-24H2,1-7H3/q+1/t26?,27?,28?,29-,31?,32-,35-,36+,37+,38+/m0/s1. The molecule has 1 aromatic heterocycles. The summed E-state index contributed by atoms with van der Waals surface area (Å²) in [6.45, 7) is 19.0. The van der Waals surface area contributed by atoms with E-state index in [0.29, 0.717) is 33.7 Å². The first kappa shape index (κ1) is 30.2. The van der Waals surface area contributed by atoms with E-state index in [1.165, 1.54) is 51.4 Å². The van der Waals surface area contributed by atoms with E-state index < -0.39 is 0 Å². The van der Waals surface area contributed by atoms with E-state index in [4.69, 9.17) is 9.47 Å². The number of ether oxygens (including phenoxy) is 2. The van der Waals surface area contributed by atoms with Gasteiger partial charge in [-0.05, 0) is 121 Å². The highest BCUT2D eigenvalue weighted by atomic mass is 16.5. The van der Waals surface area contributed by atoms with Gasteiger partial charge in [0, 0.05) is 17.0 Å². The van der Waals surface area contributed by atoms with Crippen LogP contribution >= 0.6 is 0 Å². The van der Waals surface area contributed by atoms with Crippen LogP contribution in [0.4, 0.5) is 0 Å². The van der Waals surface area contributed by atoms with Crippen LogP contribution in [-0.2, 0) is 27.4 Å². The Morgan fingerprint density at radius 2 is 1.70 bits per heavy atom. The summed E-state index contributed by atoms with van der Waals surface area (Å²) in [5.41, 5.74) is 2.46. The van der Waals surface area contributed by atoms with Crippen molar-refractivity contribution in [3.8, 4) is 0 Å². The van der Waals surface area contributed by atoms with Gasteiger partial charge in [-0.15, -0.1) is 0 Å². The minimum Gasteiger partial charge on any atom is -0.457 e. The first-order chi connectivity index (χ1) is 20.2. The van der Waals surface area contributed by atoms with E-state index in [0.717, 1.165) is 42.8 Å². The number of aromatic nitrogens is 1. The fourth-order valence-corrected chi connectivity index (χ4v) is 13.3. The van der Waals surface area contributed by atoms with Gasteiger partial charge in [-0.2, -0.15) is 4.57 Å². The first-order valence-corrected chi connectivity index (χ1v) is 17.6. The van der Waals surface area contributed by atoms with Gasteiger partial charge >= 0.3 is 5.97 Å². The molecule has 4 unspecified atom stereocenters. The molecule has 6 aliphatic rings. The zero-order chi connectivity index (χ0) is 30.6. The number of carbonyl (C=O) groups is 1. The molecular weight excluding hydrogens is 534 g/mol. The van der Waals surface area contributed by atoms with Crippen LogP contribution in [0.25, 0.3) is 0 Å². The van der Waals surface area contributed by atoms with Crippen LogP contribution in [0.3, 0.4) is 0 Å². The predicted molar refractivity (Wildman–Crippen MR) is 167 cm³/mol. The van der Waals surface area contributed by atoms with E-state index >= 15 is 0 Å². The van der Waals surface area contributed by atoms with Crippen molar-refractivity contribution < 1.29 is 23.9 Å². The molecule has 5 aliphatic carbocycles. The van der Waals surface area contributed by atoms with Crippen molar-refractivity contribution in [2.24, 2.45) is 56.2 Å². The Kier molecular flexibility index (Phi) is 6.86. The molecule has 6 fully saturated rings. The maximum absolute atomic E-state index is 13.2. The molecule has 0 aromatic carbocycles. The van der Waals surface area contributed by atoms with Gasteiger partial charge in [-0.1, -0.05) is 48.5 Å². The maximum Gasteiger partial charge on any atom is 0.372 e. The zero-order valence-electron chi connectivity index (χ0n) is 28.1. The van der Waals surface area contributed by atoms with Crippen LogP contribution in [-0.4, -0.2) is 29.9 Å². The van der Waals surface area contributed by atoms with Crippen molar-refractivity contribution in [3.63, 3.8) is 0 Å². The zero-order valence-corrected chi connectivity index (χ0v) is 28.1. The van der Waals surface area contributed by atoms with Crippen molar-refractivity contribution in [3.05, 3.63) is 30.1 Å². The Morgan fingerprint density at radius 3 is 2.47 bits per heavy atom. The number of nitrogens with zero attached hydrogens (tertiary/aromatic N) is 1. The number of hydrogen-bond acceptors (Lipinski definition) is 4. The lowest BCUT2D eigenvalue weighted by atomic mass is 9.31. The van der Waals surface area contributed by atoms with Crippen LogP contribution < -0.4 is 4.57 Å². The summed E-state index contributed by atoms with van der Waals surface area (Å²) in [4.78, 5) is 13.2. The lowest BCUT2D eigenvalue weighted by Crippen LogP contribution is -2.68. The third kappa shape index (κ3) is 4.14. The lowest BCUT2D eigenvalue weighted by Gasteiger charge is -2.73. The highest BCUT2D eigenvalue weighted by molar-refractivity contribution is 5.68. The molecule has 238 valence electrons. The molecule has 1 saturated heterocycles. The molecule has 5 saturated carbocycles. The Bertz CT molecular complexity index is 1270. The second-order valence-electron chi connectivity index (χ2n) is 18.2. The number of fused-ring (bicyclic) bond motifs is 5. The molecule has 0 spiro atoms. The minimum atomic E-state index is -0.168. The third-order valence-electron chi connectivity index (χ3n) is 15.8. The third-order valence-corrected chi connectivity index (χ3v) is 15.8. The van der Waals surface area contributed by atoms with Gasteiger partial charge < -0.3 is 14.6 Å². The van der Waals surface area contributed by atoms with Gasteiger partial charge in [0.15, 0.2) is 12.4 Å². The lowest BCUT2D eigenvalue weighted by molar-refractivity contribution is -0.686. The van der Waals surface area contributed by atoms with Gasteiger partial charge in [0.2, 0.25) is 6.54 Å². The van der Waals surface area contributed by atoms with Gasteiger partial charge in [0.25, 0.3) is 0 Å². The normalized spacial score (nSPS) is 47.4. The Hall–Kier alpha value is -1.46. The number of hydrogen-bond donors (Lipinski definition) is 1. The van der Waals surface area contributed by atoms with Crippen molar-refractivity contribution >= 4 is 5.97 Å². The first-order valence-electron chi connectivity index (χ1n) is 17.6. The van der Waals surface area contributed by atoms with E-state index in [2.05, 4.69) is 48.5 Å². The fourth-order valence-electron chi connectivity index (χ4n) is 13.3. The molecule has 10 atom stereocenters. The molecule has 5 nitrogen and oxygen atoms in total. The van der Waals surface area contributed by atoms with Gasteiger partial charge in [-0.3, -0.25) is 0 Å². The summed E-state index contributed by atoms with van der Waals surface area (Å²) in [6, 6.07) is 3.75. The summed E-state index contributed by atoms with van der Waals surface area (Å²) in [6.07, 6.45) is 16.9. The molecule has 43 heavy (non-hydrogen) atoms. The van der Waals surface area contributed by atoms with E-state index in [1.807, 2.05) is 29.1 Å². The largest absolute Gasteiger partial charge is 0.457 e. The molecule has 5 heteroatoms. The molecule has 1 N–H and O–H groups in total. The number of rotatable bonds is 4. The molecule has 0 radical (unpaired) electrons. The number of aliphatic hydroxyl groups is 1. The Balaban J connectivity index is 1.12. The minimum absolute atomic E-state index is 0.0282. The second-order valence-corrected chi connectivity index (χ2v) is 18.2. The van der Waals surface area contributed by atoms with Crippen LogP contribution in [0.2, 0.25) is 0 Å². The predicted octanol–water partition coefficient (Wildman–Crippen LogP) is 7.27. The van der Waals surface area contributed by atoms with Crippen LogP contribution in [0, 0.1) is 56.2 Å². The number of pyridine rings is 1. The topological polar surface area (TPSA) is 59.6 Å². The quantitative estimate of drug-likeness (QED) is 0.295. The maximum atomic E-state index is 13.2. The van der Waals surface area contributed by atoms with E-state index in [1.54, 1.807) is 0 Å². The van der Waals surface area contributed by atoms with Crippen molar-refractivity contribution in [2.45, 2.75) is 138 Å². The highest BCUT2D eigenvalue weighted by Crippen LogP contribution is 2.78. The highest BCUT2D eigenvalue weighted by Gasteiger charge is 2.73. The summed E-state index contributed by atoms with van der Waals surface area (Å²) in [7, 11) is 0. The Labute approximate surface area is 260 Å². The van der Waals surface area contributed by atoms with Crippen molar-refractivity contribution in [1.82, 2.24) is 0 Å². The summed E-state index contributed by atoms with van der Waals surface area (Å²) >= 11 is 0. The second kappa shape index (κ2) is 9.77. The average Bonchev–Trinajstić information content (AvgIpc) is 3.29. The number of carbonyl (C=O) groups excluding carboxylic acids is 1. The molecule has 1 aromatic rings. The van der Waals surface area contributed by atoms with Crippen molar-refractivity contribution in [1.29, 1.82) is 0 Å². The SMILES string of the molecule is CC1(C)CC[C@]23CC[C@]4(C)C(CCC5[C@@]6(C)CC[C@H](OC(=O)C[n+]7cccc(CO)c7)C(C)(C)C6CC[C@]54C)C2[C@@H]1OC3. The fraction of sp³-hybridized carbons (Fsp3) is 0.842. The number of aliphatic hydroxyl groups excluding tert-OH is 1. The monoisotopic (exact) mass is 592 g/mol. The molecule has 0 amide bonds. The molecule has 2 heterocycles. The summed E-state index contributed by atoms with van der Waals surface area (Å²) in [5.74, 6) is 2.62. The van der Waals surface area contributed by atoms with Gasteiger partial charge in [0.05, 0.1) is 19.3 Å². The van der Waals surface area contributed by atoms with Crippen LogP contribution in [0.1, 0.15) is 118 Å². The summed E-state index contributed by atoms with van der Waals surface area (Å²) in [5, 5.41) is 9.50. The van der Waals surface area contributed by atoms with Gasteiger partial charge in [0.1, 0.15) is 6.10 Å². The average molecular weight is 593 g/mol. The molecule has 2 bridgehead atoms. The van der Waals surface area contributed by atoms with Crippen LogP contribution in [0.15, 0.2) is 24.5 Å². The van der Waals surface area contributed by atoms with E-state index in [-0.39, 0.29) is 36.1 Å². The molecule has 7 rings (SSSR count). The molecule has 1 aliphatic heterocycles.